The number of fused-ring (bicyclic) bond motifs is 2. The van der Waals surface area contributed by atoms with Crippen molar-refractivity contribution in [2.75, 3.05) is 17.3 Å². The van der Waals surface area contributed by atoms with E-state index in [1.165, 1.54) is 19.2 Å². The highest BCUT2D eigenvalue weighted by Gasteiger charge is 2.28. The molecule has 2 heterocycles. The van der Waals surface area contributed by atoms with E-state index in [2.05, 4.69) is 10.4 Å². The number of nitrogens with zero attached hydrogens (tertiary/aromatic N) is 3. The Hall–Kier alpha value is -3.81. The number of nitrogens with two attached hydrogens (primary N) is 1. The van der Waals surface area contributed by atoms with Crippen LogP contribution in [0.3, 0.4) is 0 Å². The number of aryl methyl sites for hydroxylation is 1. The van der Waals surface area contributed by atoms with Gasteiger partial charge in [-0.25, -0.2) is 0 Å². The third-order valence-electron chi connectivity index (χ3n) is 4.75. The molecule has 3 aromatic rings. The van der Waals surface area contributed by atoms with Crippen molar-refractivity contribution in [2.24, 2.45) is 12.8 Å². The number of hydrogen-bond donors (Lipinski definition) is 2. The van der Waals surface area contributed by atoms with E-state index in [1.807, 2.05) is 31.3 Å². The number of amides is 2. The van der Waals surface area contributed by atoms with Gasteiger partial charge in [0.15, 0.2) is 0 Å². The molecule has 0 spiro atoms. The molecule has 0 radical (unpaired) electrons. The van der Waals surface area contributed by atoms with Crippen molar-refractivity contribution < 1.29 is 14.3 Å². The molecule has 1 aliphatic rings. The molecule has 1 aromatic heterocycles. The molecule has 0 aliphatic carbocycles. The number of carbonyl (C=O) groups is 2. The summed E-state index contributed by atoms with van der Waals surface area (Å²) in [6.07, 6.45) is 1.74. The van der Waals surface area contributed by atoms with Gasteiger partial charge in [-0.3, -0.25) is 14.3 Å². The summed E-state index contributed by atoms with van der Waals surface area (Å²) in [4.78, 5) is 26.6. The largest absolute Gasteiger partial charge is 0.496 e. The van der Waals surface area contributed by atoms with Gasteiger partial charge in [0.1, 0.15) is 11.6 Å². The van der Waals surface area contributed by atoms with Crippen LogP contribution in [-0.4, -0.2) is 28.7 Å². The maximum absolute atomic E-state index is 13.5. The predicted octanol–water partition coefficient (Wildman–Crippen LogP) is 2.43. The SMILES string of the molecule is COc1cc(C(N)=O)ccc1C(=O)N1Cc2cnn(C)c2Nc2ccccc21. The Morgan fingerprint density at radius 1 is 1.21 bits per heavy atom. The Labute approximate surface area is 161 Å². The van der Waals surface area contributed by atoms with Gasteiger partial charge in [-0.1, -0.05) is 12.1 Å². The molecule has 0 bridgehead atoms. The van der Waals surface area contributed by atoms with E-state index < -0.39 is 5.91 Å². The Kier molecular flexibility index (Phi) is 4.23. The van der Waals surface area contributed by atoms with Crippen molar-refractivity contribution in [3.63, 3.8) is 0 Å². The van der Waals surface area contributed by atoms with E-state index >= 15 is 0 Å². The average molecular weight is 377 g/mol. The number of primary amides is 1. The minimum Gasteiger partial charge on any atom is -0.496 e. The van der Waals surface area contributed by atoms with E-state index in [4.69, 9.17) is 10.5 Å². The van der Waals surface area contributed by atoms with Crippen LogP contribution in [0.1, 0.15) is 26.3 Å². The van der Waals surface area contributed by atoms with E-state index in [1.54, 1.807) is 21.8 Å². The second-order valence-corrected chi connectivity index (χ2v) is 6.45. The highest BCUT2D eigenvalue weighted by atomic mass is 16.5. The van der Waals surface area contributed by atoms with Crippen LogP contribution in [-0.2, 0) is 13.6 Å². The van der Waals surface area contributed by atoms with Crippen molar-refractivity contribution in [1.82, 2.24) is 9.78 Å². The van der Waals surface area contributed by atoms with Crippen molar-refractivity contribution in [3.05, 3.63) is 65.4 Å². The van der Waals surface area contributed by atoms with Gasteiger partial charge >= 0.3 is 0 Å². The van der Waals surface area contributed by atoms with Gasteiger partial charge in [0.25, 0.3) is 5.91 Å². The molecule has 142 valence electrons. The lowest BCUT2D eigenvalue weighted by molar-refractivity contribution is 0.0976. The lowest BCUT2D eigenvalue weighted by atomic mass is 10.1. The molecule has 2 aromatic carbocycles. The van der Waals surface area contributed by atoms with E-state index in [0.29, 0.717) is 17.9 Å². The van der Waals surface area contributed by atoms with Crippen LogP contribution in [0.4, 0.5) is 17.2 Å². The van der Waals surface area contributed by atoms with Gasteiger partial charge in [-0.15, -0.1) is 0 Å². The predicted molar refractivity (Wildman–Crippen MR) is 105 cm³/mol. The zero-order valence-corrected chi connectivity index (χ0v) is 15.5. The number of para-hydroxylation sites is 2. The minimum atomic E-state index is -0.582. The molecule has 0 unspecified atom stereocenters. The first-order valence-electron chi connectivity index (χ1n) is 8.66. The molecule has 8 heteroatoms. The Morgan fingerprint density at radius 3 is 2.75 bits per heavy atom. The van der Waals surface area contributed by atoms with Crippen LogP contribution in [0.2, 0.25) is 0 Å². The fourth-order valence-electron chi connectivity index (χ4n) is 3.31. The summed E-state index contributed by atoms with van der Waals surface area (Å²) in [6.45, 7) is 0.340. The number of carbonyl (C=O) groups excluding carboxylic acids is 2. The molecule has 3 N–H and O–H groups in total. The molecule has 1 aliphatic heterocycles. The molecular formula is C20H19N5O3. The monoisotopic (exact) mass is 377 g/mol. The third-order valence-corrected chi connectivity index (χ3v) is 4.75. The lowest BCUT2D eigenvalue weighted by Crippen LogP contribution is -2.30. The van der Waals surface area contributed by atoms with Crippen molar-refractivity contribution in [3.8, 4) is 5.75 Å². The zero-order chi connectivity index (χ0) is 19.8. The van der Waals surface area contributed by atoms with Crippen molar-refractivity contribution in [2.45, 2.75) is 6.54 Å². The van der Waals surface area contributed by atoms with E-state index in [-0.39, 0.29) is 11.5 Å². The van der Waals surface area contributed by atoms with Gasteiger partial charge in [-0.2, -0.15) is 5.10 Å². The van der Waals surface area contributed by atoms with Crippen LogP contribution in [0, 0.1) is 0 Å². The number of ether oxygens (including phenoxy) is 1. The molecule has 0 saturated carbocycles. The zero-order valence-electron chi connectivity index (χ0n) is 15.5. The average Bonchev–Trinajstić information content (AvgIpc) is 2.95. The van der Waals surface area contributed by atoms with Gasteiger partial charge in [0.05, 0.1) is 36.8 Å². The lowest BCUT2D eigenvalue weighted by Gasteiger charge is -2.23. The number of methoxy groups -OCH3 is 1. The second-order valence-electron chi connectivity index (χ2n) is 6.45. The van der Waals surface area contributed by atoms with Crippen molar-refractivity contribution in [1.29, 1.82) is 0 Å². The van der Waals surface area contributed by atoms with E-state index in [9.17, 15) is 9.59 Å². The number of anilines is 3. The van der Waals surface area contributed by atoms with Gasteiger partial charge < -0.3 is 20.7 Å². The Morgan fingerprint density at radius 2 is 2.00 bits per heavy atom. The first-order valence-corrected chi connectivity index (χ1v) is 8.66. The van der Waals surface area contributed by atoms with Gasteiger partial charge in [0.2, 0.25) is 5.91 Å². The maximum atomic E-state index is 13.5. The highest BCUT2D eigenvalue weighted by molar-refractivity contribution is 6.10. The summed E-state index contributed by atoms with van der Waals surface area (Å²) >= 11 is 0. The Bertz CT molecular complexity index is 1090. The number of benzene rings is 2. The fourth-order valence-corrected chi connectivity index (χ4v) is 3.31. The van der Waals surface area contributed by atoms with E-state index in [0.717, 1.165) is 22.8 Å². The number of hydrogen-bond acceptors (Lipinski definition) is 5. The second kappa shape index (κ2) is 6.73. The van der Waals surface area contributed by atoms with Crippen LogP contribution >= 0.6 is 0 Å². The molecule has 8 nitrogen and oxygen atoms in total. The normalized spacial score (nSPS) is 12.4. The first kappa shape index (κ1) is 17.6. The third kappa shape index (κ3) is 2.84. The molecule has 4 rings (SSSR count). The fraction of sp³-hybridized carbons (Fsp3) is 0.150. The number of aromatic nitrogens is 2. The number of nitrogens with one attached hydrogen (secondary N) is 1. The van der Waals surface area contributed by atoms with Gasteiger partial charge in [-0.05, 0) is 30.3 Å². The molecular weight excluding hydrogens is 358 g/mol. The number of rotatable bonds is 3. The summed E-state index contributed by atoms with van der Waals surface area (Å²) in [7, 11) is 3.30. The molecule has 0 atom stereocenters. The summed E-state index contributed by atoms with van der Waals surface area (Å²) in [6, 6.07) is 12.1. The summed E-state index contributed by atoms with van der Waals surface area (Å²) in [5, 5.41) is 7.64. The van der Waals surface area contributed by atoms with Gasteiger partial charge in [0, 0.05) is 18.2 Å². The summed E-state index contributed by atoms with van der Waals surface area (Å²) in [5.41, 5.74) is 8.39. The first-order chi connectivity index (χ1) is 13.5. The molecule has 0 saturated heterocycles. The molecule has 2 amide bonds. The summed E-state index contributed by atoms with van der Waals surface area (Å²) < 4.78 is 7.09. The van der Waals surface area contributed by atoms with Crippen LogP contribution in [0.25, 0.3) is 0 Å². The topological polar surface area (TPSA) is 102 Å². The smallest absolute Gasteiger partial charge is 0.262 e. The van der Waals surface area contributed by atoms with Crippen LogP contribution in [0.15, 0.2) is 48.7 Å². The summed E-state index contributed by atoms with van der Waals surface area (Å²) in [5.74, 6) is 0.293. The van der Waals surface area contributed by atoms with Crippen LogP contribution < -0.4 is 20.7 Å². The van der Waals surface area contributed by atoms with Crippen molar-refractivity contribution >= 4 is 29.0 Å². The standard InChI is InChI=1S/C20H19N5O3/c1-24-19-13(10-22-24)11-25(16-6-4-3-5-15(16)23-19)20(27)14-8-7-12(18(21)26)9-17(14)28-2/h3-10,23H,11H2,1-2H3,(H2,21,26). The Balaban J connectivity index is 1.82. The minimum absolute atomic E-state index is 0.251. The maximum Gasteiger partial charge on any atom is 0.262 e. The van der Waals surface area contributed by atoms with Crippen LogP contribution in [0.5, 0.6) is 5.75 Å². The quantitative estimate of drug-likeness (QED) is 0.730. The molecule has 28 heavy (non-hydrogen) atoms. The molecule has 0 fully saturated rings. The highest BCUT2D eigenvalue weighted by Crippen LogP contribution is 2.37.